The molecule has 0 unspecified atom stereocenters. The lowest BCUT2D eigenvalue weighted by atomic mass is 10.2. The Labute approximate surface area is 97.6 Å². The van der Waals surface area contributed by atoms with E-state index in [4.69, 9.17) is 0 Å². The van der Waals surface area contributed by atoms with E-state index < -0.39 is 0 Å². The van der Waals surface area contributed by atoms with Crippen LogP contribution in [0.2, 0.25) is 0 Å². The number of aromatic nitrogens is 1. The van der Waals surface area contributed by atoms with Crippen molar-refractivity contribution in [3.05, 3.63) is 42.2 Å². The van der Waals surface area contributed by atoms with Crippen LogP contribution in [-0.2, 0) is 0 Å². The molecule has 1 nitrogen and oxygen atoms in total. The number of nitrogens with zero attached hydrogens (tertiary/aromatic N) is 1. The fraction of sp³-hybridized carbons (Fsp3) is 0.267. The molecule has 0 N–H and O–H groups in total. The normalized spacial score (nSPS) is 9.06. The van der Waals surface area contributed by atoms with E-state index in [1.54, 1.807) is 24.5 Å². The maximum Gasteiger partial charge on any atom is 0.0432 e. The summed E-state index contributed by atoms with van der Waals surface area (Å²) < 4.78 is 0. The molecule has 1 aromatic rings. The Bertz CT molecular complexity index is 435. The first-order valence-electron chi connectivity index (χ1n) is 5.48. The largest absolute Gasteiger partial charge is 0.263 e. The second kappa shape index (κ2) is 8.33. The lowest BCUT2D eigenvalue weighted by Crippen LogP contribution is -1.73. The topological polar surface area (TPSA) is 12.9 Å². The minimum atomic E-state index is 0.922. The molecule has 0 aliphatic carbocycles. The van der Waals surface area contributed by atoms with E-state index in [0.29, 0.717) is 0 Å². The molecule has 0 aliphatic heterocycles. The summed E-state index contributed by atoms with van der Waals surface area (Å²) in [7, 11) is 0. The van der Waals surface area contributed by atoms with Gasteiger partial charge in [-0.1, -0.05) is 37.0 Å². The highest BCUT2D eigenvalue weighted by Gasteiger charge is 1.79. The van der Waals surface area contributed by atoms with Gasteiger partial charge in [0.05, 0.1) is 0 Å². The summed E-state index contributed by atoms with van der Waals surface area (Å²) in [6.45, 7) is 2.16. The van der Waals surface area contributed by atoms with Crippen molar-refractivity contribution >= 4 is 0 Å². The van der Waals surface area contributed by atoms with Crippen LogP contribution in [0.1, 0.15) is 31.7 Å². The Morgan fingerprint density at radius 3 is 2.94 bits per heavy atom. The SMILES string of the molecule is CCCCC#CC=CC#Cc1cccnc1. The lowest BCUT2D eigenvalue weighted by molar-refractivity contribution is 0.828. The maximum absolute atomic E-state index is 3.98. The van der Waals surface area contributed by atoms with Crippen LogP contribution in [0.25, 0.3) is 0 Å². The van der Waals surface area contributed by atoms with Crippen molar-refractivity contribution in [2.75, 3.05) is 0 Å². The number of hydrogen-bond donors (Lipinski definition) is 0. The van der Waals surface area contributed by atoms with Crippen LogP contribution in [-0.4, -0.2) is 4.98 Å². The van der Waals surface area contributed by atoms with Crippen molar-refractivity contribution in [3.63, 3.8) is 0 Å². The quantitative estimate of drug-likeness (QED) is 0.538. The molecule has 1 heteroatoms. The van der Waals surface area contributed by atoms with Crippen molar-refractivity contribution in [2.45, 2.75) is 26.2 Å². The molecule has 16 heavy (non-hydrogen) atoms. The molecule has 0 saturated carbocycles. The Morgan fingerprint density at radius 2 is 2.19 bits per heavy atom. The zero-order chi connectivity index (χ0) is 11.5. The first-order chi connectivity index (χ1) is 7.93. The van der Waals surface area contributed by atoms with E-state index >= 15 is 0 Å². The Balaban J connectivity index is 2.36. The monoisotopic (exact) mass is 209 g/mol. The molecule has 0 fully saturated rings. The van der Waals surface area contributed by atoms with Gasteiger partial charge in [-0.3, -0.25) is 4.98 Å². The van der Waals surface area contributed by atoms with Crippen LogP contribution in [0, 0.1) is 23.7 Å². The average molecular weight is 209 g/mol. The molecule has 0 bridgehead atoms. The molecule has 0 saturated heterocycles. The third kappa shape index (κ3) is 5.68. The highest BCUT2D eigenvalue weighted by Crippen LogP contribution is 1.91. The molecule has 1 aromatic heterocycles. The van der Waals surface area contributed by atoms with Gasteiger partial charge in [0.1, 0.15) is 0 Å². The van der Waals surface area contributed by atoms with Crippen LogP contribution < -0.4 is 0 Å². The second-order valence-electron chi connectivity index (χ2n) is 3.27. The first kappa shape index (κ1) is 12.1. The van der Waals surface area contributed by atoms with E-state index in [1.807, 2.05) is 12.1 Å². The molecule has 0 atom stereocenters. The summed E-state index contributed by atoms with van der Waals surface area (Å²) in [5, 5.41) is 0. The van der Waals surface area contributed by atoms with E-state index in [9.17, 15) is 0 Å². The van der Waals surface area contributed by atoms with Crippen LogP contribution in [0.3, 0.4) is 0 Å². The van der Waals surface area contributed by atoms with Crippen molar-refractivity contribution < 1.29 is 0 Å². The Hall–Kier alpha value is -1.99. The molecular formula is C15H15N. The molecule has 0 aromatic carbocycles. The molecule has 1 heterocycles. The first-order valence-corrected chi connectivity index (χ1v) is 5.48. The van der Waals surface area contributed by atoms with Crippen molar-refractivity contribution in [2.24, 2.45) is 0 Å². The van der Waals surface area contributed by atoms with Crippen LogP contribution in [0.4, 0.5) is 0 Å². The van der Waals surface area contributed by atoms with E-state index in [1.165, 1.54) is 12.8 Å². The number of pyridine rings is 1. The molecule has 0 aliphatic rings. The van der Waals surface area contributed by atoms with Gasteiger partial charge in [0.2, 0.25) is 0 Å². The van der Waals surface area contributed by atoms with Gasteiger partial charge in [-0.15, -0.1) is 0 Å². The highest BCUT2D eigenvalue weighted by atomic mass is 14.6. The fourth-order valence-electron chi connectivity index (χ4n) is 1.04. The fourth-order valence-corrected chi connectivity index (χ4v) is 1.04. The zero-order valence-electron chi connectivity index (χ0n) is 9.53. The zero-order valence-corrected chi connectivity index (χ0v) is 9.53. The maximum atomic E-state index is 3.98. The van der Waals surface area contributed by atoms with Crippen LogP contribution >= 0.6 is 0 Å². The van der Waals surface area contributed by atoms with Gasteiger partial charge in [0.15, 0.2) is 0 Å². The smallest absolute Gasteiger partial charge is 0.0432 e. The average Bonchev–Trinajstić information content (AvgIpc) is 2.34. The van der Waals surface area contributed by atoms with Crippen LogP contribution in [0.15, 0.2) is 36.7 Å². The van der Waals surface area contributed by atoms with Gasteiger partial charge in [-0.05, 0) is 30.7 Å². The number of allylic oxidation sites excluding steroid dienone is 2. The molecule has 1 rings (SSSR count). The van der Waals surface area contributed by atoms with E-state index in [2.05, 4.69) is 35.6 Å². The van der Waals surface area contributed by atoms with Crippen molar-refractivity contribution in [1.29, 1.82) is 0 Å². The van der Waals surface area contributed by atoms with Gasteiger partial charge in [0, 0.05) is 24.4 Å². The number of rotatable bonds is 2. The standard InChI is InChI=1S/C15H15N/c1-2-3-4-5-6-7-8-9-11-15-12-10-13-16-14-15/h7-8,10,12-14H,2-4H2,1H3. The van der Waals surface area contributed by atoms with Crippen molar-refractivity contribution in [1.82, 2.24) is 4.98 Å². The molecule has 0 amide bonds. The third-order valence-electron chi connectivity index (χ3n) is 1.89. The van der Waals surface area contributed by atoms with Gasteiger partial charge < -0.3 is 0 Å². The van der Waals surface area contributed by atoms with Crippen molar-refractivity contribution in [3.8, 4) is 23.7 Å². The van der Waals surface area contributed by atoms with Crippen LogP contribution in [0.5, 0.6) is 0 Å². The second-order valence-corrected chi connectivity index (χ2v) is 3.27. The summed E-state index contributed by atoms with van der Waals surface area (Å²) in [5.74, 6) is 11.9. The predicted molar refractivity (Wildman–Crippen MR) is 67.6 cm³/mol. The van der Waals surface area contributed by atoms with E-state index in [0.717, 1.165) is 12.0 Å². The molecule has 0 radical (unpaired) electrons. The number of hydrogen-bond acceptors (Lipinski definition) is 1. The van der Waals surface area contributed by atoms with Gasteiger partial charge in [-0.25, -0.2) is 0 Å². The minimum Gasteiger partial charge on any atom is -0.263 e. The highest BCUT2D eigenvalue weighted by molar-refractivity contribution is 5.36. The molecular weight excluding hydrogens is 194 g/mol. The number of unbranched alkanes of at least 4 members (excludes halogenated alkanes) is 2. The Morgan fingerprint density at radius 1 is 1.31 bits per heavy atom. The summed E-state index contributed by atoms with van der Waals surface area (Å²) >= 11 is 0. The molecule has 0 spiro atoms. The third-order valence-corrected chi connectivity index (χ3v) is 1.89. The minimum absolute atomic E-state index is 0.922. The van der Waals surface area contributed by atoms with Gasteiger partial charge in [-0.2, -0.15) is 0 Å². The Kier molecular flexibility index (Phi) is 6.29. The summed E-state index contributed by atoms with van der Waals surface area (Å²) in [6.07, 6.45) is 10.4. The summed E-state index contributed by atoms with van der Waals surface area (Å²) in [6, 6.07) is 3.80. The van der Waals surface area contributed by atoms with Gasteiger partial charge >= 0.3 is 0 Å². The molecule has 80 valence electrons. The lowest BCUT2D eigenvalue weighted by Gasteiger charge is -1.83. The van der Waals surface area contributed by atoms with E-state index in [-0.39, 0.29) is 0 Å². The summed E-state index contributed by atoms with van der Waals surface area (Å²) in [4.78, 5) is 3.98. The predicted octanol–water partition coefficient (Wildman–Crippen LogP) is 3.18. The van der Waals surface area contributed by atoms with Gasteiger partial charge in [0.25, 0.3) is 0 Å². The summed E-state index contributed by atoms with van der Waals surface area (Å²) in [5.41, 5.74) is 0.922.